The predicted octanol–water partition coefficient (Wildman–Crippen LogP) is -0.0712. The molecule has 8 heterocycles. The number of nitrogens with zero attached hydrogens (tertiary/aromatic N) is 10. The van der Waals surface area contributed by atoms with Crippen molar-refractivity contribution < 1.29 is 148 Å². The molecule has 4 aromatic carbocycles. The van der Waals surface area contributed by atoms with Crippen LogP contribution in [-0.4, -0.2) is 137 Å². The number of pyridine rings is 4. The van der Waals surface area contributed by atoms with Crippen LogP contribution in [0.1, 0.15) is 1.43 Å². The first kappa shape index (κ1) is 61.1. The Morgan fingerprint density at radius 1 is 0.620 bits per heavy atom. The zero-order valence-electron chi connectivity index (χ0n) is 44.0. The van der Waals surface area contributed by atoms with E-state index in [9.17, 15) is 34.9 Å². The number of rotatable bonds is 11. The molecule has 0 aliphatic carbocycles. The molecule has 398 valence electrons. The number of benzene rings is 4. The van der Waals surface area contributed by atoms with Gasteiger partial charge in [0.2, 0.25) is 0 Å². The molecule has 79 heavy (non-hydrogen) atoms. The summed E-state index contributed by atoms with van der Waals surface area (Å²) in [4.78, 5) is 73.5. The third kappa shape index (κ3) is 14.0. The molecule has 0 atom stereocenters. The summed E-state index contributed by atoms with van der Waals surface area (Å²) in [5, 5.41) is 43.0. The van der Waals surface area contributed by atoms with E-state index < -0.39 is 9.85 Å². The summed E-state index contributed by atoms with van der Waals surface area (Å²) in [5.41, 5.74) is 3.91. The maximum atomic E-state index is 13.7. The summed E-state index contributed by atoms with van der Waals surface area (Å²) < 4.78 is 23.1. The number of non-ortho nitro benzene ring substituents is 2. The Kier molecular flexibility index (Phi) is 22.2. The summed E-state index contributed by atoms with van der Waals surface area (Å²) in [6.07, 6.45) is 3.32. The van der Waals surface area contributed by atoms with Gasteiger partial charge in [0.15, 0.2) is 11.3 Å². The van der Waals surface area contributed by atoms with Gasteiger partial charge in [-0.3, -0.25) is 62.3 Å². The topological polar surface area (TPSA) is 269 Å². The Morgan fingerprint density at radius 3 is 1.47 bits per heavy atom. The molecular formula is C53H49ClK2N10O13. The average molecular weight is 1150 g/mol. The van der Waals surface area contributed by atoms with Gasteiger partial charge in [-0.1, -0.05) is 36.4 Å². The molecule has 0 saturated carbocycles. The molecule has 2 fully saturated rings. The summed E-state index contributed by atoms with van der Waals surface area (Å²) >= 11 is 5.55. The number of halogens is 1. The van der Waals surface area contributed by atoms with Crippen LogP contribution in [0.25, 0.3) is 66.5 Å². The second-order valence-corrected chi connectivity index (χ2v) is 17.7. The van der Waals surface area contributed by atoms with Crippen LogP contribution in [-0.2, 0) is 19.2 Å². The molecule has 2 aliphatic rings. The molecule has 2 aliphatic heterocycles. The van der Waals surface area contributed by atoms with Crippen LogP contribution in [0.15, 0.2) is 143 Å². The minimum atomic E-state index is -0.491. The molecule has 23 nitrogen and oxygen atoms in total. The third-order valence-electron chi connectivity index (χ3n) is 12.8. The minimum Gasteiger partial charge on any atom is -1.00 e. The first-order valence-electron chi connectivity index (χ1n) is 24.1. The molecule has 26 heteroatoms. The van der Waals surface area contributed by atoms with Crippen molar-refractivity contribution in [1.29, 1.82) is 0 Å². The van der Waals surface area contributed by atoms with Gasteiger partial charge in [0.05, 0.1) is 60.0 Å². The van der Waals surface area contributed by atoms with Crippen LogP contribution in [0.5, 0.6) is 11.5 Å². The van der Waals surface area contributed by atoms with E-state index in [2.05, 4.69) is 19.7 Å². The van der Waals surface area contributed by atoms with Crippen LogP contribution in [0, 0.1) is 20.2 Å². The Hall–Kier alpha value is -5.57. The van der Waals surface area contributed by atoms with Gasteiger partial charge in [0.1, 0.15) is 40.4 Å². The van der Waals surface area contributed by atoms with Crippen molar-refractivity contribution >= 4 is 84.6 Å². The molecule has 0 bridgehead atoms. The zero-order chi connectivity index (χ0) is 54.0. The Balaban J connectivity index is 0.000000208. The summed E-state index contributed by atoms with van der Waals surface area (Å²) in [6.45, 7) is 9.24. The minimum absolute atomic E-state index is 0. The van der Waals surface area contributed by atoms with Gasteiger partial charge in [0, 0.05) is 91.0 Å². The molecule has 1 N–H and O–H groups in total. The Bertz CT molecular complexity index is 3890. The number of hydrogen-bond donors (Lipinski definition) is 1. The van der Waals surface area contributed by atoms with E-state index >= 15 is 0 Å². The zero-order valence-corrected chi connectivity index (χ0v) is 50.0. The van der Waals surface area contributed by atoms with Crippen molar-refractivity contribution in [2.45, 2.75) is 0 Å². The number of carbonyl (C=O) groups excluding carboxylic acids is 1. The second-order valence-electron chi connectivity index (χ2n) is 17.3. The van der Waals surface area contributed by atoms with E-state index in [0.717, 1.165) is 77.0 Å². The van der Waals surface area contributed by atoms with E-state index in [1.807, 2.05) is 53.1 Å². The number of aromatic hydroxyl groups is 1. The van der Waals surface area contributed by atoms with E-state index in [1.165, 1.54) is 53.2 Å². The van der Waals surface area contributed by atoms with E-state index in [0.29, 0.717) is 73.5 Å². The van der Waals surface area contributed by atoms with Crippen molar-refractivity contribution in [3.05, 3.63) is 175 Å². The van der Waals surface area contributed by atoms with Crippen LogP contribution < -0.4 is 124 Å². The Labute approximate surface area is 540 Å². The maximum absolute atomic E-state index is 13.7. The molecule has 10 aromatic rings. The molecule has 2 saturated heterocycles. The fourth-order valence-electron chi connectivity index (χ4n) is 9.08. The molecule has 6 aromatic heterocycles. The van der Waals surface area contributed by atoms with Crippen LogP contribution in [0.3, 0.4) is 0 Å². The number of aromatic nitrogens is 6. The number of imidazole rings is 2. The van der Waals surface area contributed by atoms with Gasteiger partial charge >= 0.3 is 103 Å². The second kappa shape index (κ2) is 28.7. The maximum Gasteiger partial charge on any atom is 1.00 e. The van der Waals surface area contributed by atoms with Gasteiger partial charge in [-0.25, -0.2) is 9.97 Å². The number of fused-ring (bicyclic) bond motifs is 10. The number of ether oxygens (including phenoxy) is 3. The molecule has 0 unspecified atom stereocenters. The molecular weight excluding hydrogens is 1100 g/mol. The Morgan fingerprint density at radius 2 is 1.04 bits per heavy atom. The van der Waals surface area contributed by atoms with E-state index in [4.69, 9.17) is 40.8 Å². The quantitative estimate of drug-likeness (QED) is 0.0444. The normalized spacial score (nSPS) is 13.5. The third-order valence-corrected chi connectivity index (χ3v) is 12.9. The first-order chi connectivity index (χ1) is 37.5. The molecule has 0 spiro atoms. The van der Waals surface area contributed by atoms with Crippen LogP contribution in [0.4, 0.5) is 11.4 Å². The average Bonchev–Trinajstić information content (AvgIpc) is 4.20. The van der Waals surface area contributed by atoms with Crippen molar-refractivity contribution in [3.63, 3.8) is 0 Å². The smallest absolute Gasteiger partial charge is 1.00 e. The number of carbonyl (C=O) groups is 1. The largest absolute Gasteiger partial charge is 1.00 e. The fourth-order valence-corrected chi connectivity index (χ4v) is 9.32. The number of nitro groups is 2. The van der Waals surface area contributed by atoms with Gasteiger partial charge in [-0.2, -0.15) is 0 Å². The monoisotopic (exact) mass is 1150 g/mol. The van der Waals surface area contributed by atoms with Gasteiger partial charge in [-0.15, -0.1) is 11.6 Å². The summed E-state index contributed by atoms with van der Waals surface area (Å²) in [7, 11) is 0. The summed E-state index contributed by atoms with van der Waals surface area (Å²) in [5.74, 6) is 1.42. The molecule has 0 amide bonds. The van der Waals surface area contributed by atoms with E-state index in [-0.39, 0.29) is 139 Å². The summed E-state index contributed by atoms with van der Waals surface area (Å²) in [6, 6.07) is 33.1. The molecule has 12 rings (SSSR count). The van der Waals surface area contributed by atoms with Crippen molar-refractivity contribution in [2.75, 3.05) is 78.2 Å². The number of nitro benzene ring substituents is 2. The van der Waals surface area contributed by atoms with Crippen molar-refractivity contribution in [2.24, 2.45) is 0 Å². The van der Waals surface area contributed by atoms with E-state index in [1.54, 1.807) is 45.4 Å². The van der Waals surface area contributed by atoms with Crippen LogP contribution >= 0.6 is 11.6 Å². The predicted molar refractivity (Wildman–Crippen MR) is 286 cm³/mol. The standard InChI is InChI=1S/C26H23N5O5.C20H12N4O4.C6H12ClNO.CH2O3.2K.H/c32-26-22-4-2-1-3-21(22)24-25(30(26)18-5-7-19(8-6-18)31(33)34)29-17-20(9-10-23(29)27-24)36-16-13-28-11-14-35-15-12-28;25-14-9-10-17-21-18-15-3-1-2-4-16(15)20(26)23(19(18)22(17)11-14)12-5-7-13(8-6-12)24(27)28;7-1-2-8-3-5-9-6-4-8;2-1-4-3;;;/h1-10,17H,11-16H2;1-11,25H;1-6H2;1,3H;;;/q;;;;2*+1;-1/p-1. The first-order valence-corrected chi connectivity index (χ1v) is 24.6. The number of hydrogen-bond acceptors (Lipinski definition) is 17. The van der Waals surface area contributed by atoms with Gasteiger partial charge in [-0.05, 0) is 60.7 Å². The van der Waals surface area contributed by atoms with Gasteiger partial charge in [0.25, 0.3) is 29.0 Å². The molecule has 0 radical (unpaired) electrons. The fraction of sp³-hybridized carbons (Fsp3) is 0.226. The number of alkyl halides is 1. The SMILES string of the molecule is ClCCN1CCOCC1.O=CO[O-].O=c1c2ccccc2c2nc3ccc(O)cn3c2n1-c1ccc([N+](=O)[O-])cc1.O=c1c2ccccc2c2nc3ccc(OCCN4CCOCC4)cn3c2n1-c1ccc([N+](=O)[O-])cc1.[H-].[K+].[K+]. The van der Waals surface area contributed by atoms with Crippen molar-refractivity contribution in [3.8, 4) is 22.9 Å². The van der Waals surface area contributed by atoms with Crippen molar-refractivity contribution in [1.82, 2.24) is 37.7 Å². The van der Waals surface area contributed by atoms with Gasteiger partial charge < -0.3 is 30.9 Å². The number of morpholine rings is 2. The van der Waals surface area contributed by atoms with Crippen LogP contribution in [0.2, 0.25) is 0 Å².